The number of rotatable bonds is 0. The number of allylic oxidation sites excluding steroid dienone is 4. The highest BCUT2D eigenvalue weighted by Crippen LogP contribution is 2.70. The van der Waals surface area contributed by atoms with Crippen molar-refractivity contribution in [2.75, 3.05) is 20.2 Å². The van der Waals surface area contributed by atoms with Gasteiger partial charge in [-0.05, 0) is 37.2 Å². The number of Topliss-reactive ketones (excluding diaryl/α,β-unsaturated/α-hetero) is 1. The molecule has 2 aliphatic heterocycles. The van der Waals surface area contributed by atoms with Gasteiger partial charge in [-0.15, -0.1) is 0 Å². The van der Waals surface area contributed by atoms with Gasteiger partial charge < -0.3 is 18.9 Å². The average Bonchev–Trinajstić information content (AvgIpc) is 3.37. The molecule has 0 aromatic heterocycles. The van der Waals surface area contributed by atoms with E-state index in [4.69, 9.17) is 18.9 Å². The van der Waals surface area contributed by atoms with Crippen molar-refractivity contribution in [3.8, 4) is 0 Å². The summed E-state index contributed by atoms with van der Waals surface area (Å²) in [4.78, 5) is 25.7. The zero-order valence-electron chi connectivity index (χ0n) is 17.1. The van der Waals surface area contributed by atoms with E-state index in [-0.39, 0.29) is 47.8 Å². The third-order valence-electron chi connectivity index (χ3n) is 9.22. The van der Waals surface area contributed by atoms with Gasteiger partial charge in [0.15, 0.2) is 19.4 Å². The quantitative estimate of drug-likeness (QED) is 0.583. The largest absolute Gasteiger partial charge is 0.350 e. The smallest absolute Gasteiger partial charge is 0.226 e. The summed E-state index contributed by atoms with van der Waals surface area (Å²) >= 11 is 0. The molecule has 29 heavy (non-hydrogen) atoms. The summed E-state index contributed by atoms with van der Waals surface area (Å²) in [6.07, 6.45) is 9.48. The molecule has 0 radical (unpaired) electrons. The Morgan fingerprint density at radius 1 is 1.10 bits per heavy atom. The Morgan fingerprint density at radius 2 is 1.93 bits per heavy atom. The van der Waals surface area contributed by atoms with E-state index >= 15 is 0 Å². The third kappa shape index (κ3) is 2.02. The van der Waals surface area contributed by atoms with Gasteiger partial charge in [-0.25, -0.2) is 0 Å². The van der Waals surface area contributed by atoms with Crippen LogP contribution in [-0.4, -0.2) is 43.1 Å². The van der Waals surface area contributed by atoms with Crippen molar-refractivity contribution in [2.45, 2.75) is 57.3 Å². The van der Waals surface area contributed by atoms with E-state index in [1.54, 1.807) is 6.08 Å². The van der Waals surface area contributed by atoms with Crippen LogP contribution in [0.5, 0.6) is 0 Å². The van der Waals surface area contributed by atoms with Gasteiger partial charge in [0.25, 0.3) is 0 Å². The molecule has 4 aliphatic carbocycles. The molecule has 2 saturated carbocycles. The second-order valence-electron chi connectivity index (χ2n) is 10.2. The van der Waals surface area contributed by atoms with Gasteiger partial charge in [0.2, 0.25) is 5.79 Å². The molecular weight excluding hydrogens is 372 g/mol. The minimum absolute atomic E-state index is 0.0703. The van der Waals surface area contributed by atoms with Crippen LogP contribution in [0.25, 0.3) is 0 Å². The molecule has 0 aromatic rings. The van der Waals surface area contributed by atoms with E-state index in [0.29, 0.717) is 25.4 Å². The van der Waals surface area contributed by atoms with Crippen molar-refractivity contribution in [3.63, 3.8) is 0 Å². The second kappa shape index (κ2) is 5.67. The third-order valence-corrected chi connectivity index (χ3v) is 9.22. The molecule has 156 valence electrons. The molecule has 6 nitrogen and oxygen atoms in total. The fraction of sp³-hybridized carbons (Fsp3) is 0.739. The predicted octanol–water partition coefficient (Wildman–Crippen LogP) is 2.92. The summed E-state index contributed by atoms with van der Waals surface area (Å²) in [6.45, 7) is 5.09. The highest BCUT2D eigenvalue weighted by Gasteiger charge is 2.76. The Kier molecular flexibility index (Phi) is 3.60. The topological polar surface area (TPSA) is 71.1 Å². The zero-order chi connectivity index (χ0) is 20.1. The van der Waals surface area contributed by atoms with Gasteiger partial charge in [0, 0.05) is 29.6 Å². The maximum absolute atomic E-state index is 13.7. The molecule has 2 heterocycles. The fourth-order valence-corrected chi connectivity index (χ4v) is 7.91. The summed E-state index contributed by atoms with van der Waals surface area (Å²) in [5.41, 5.74) is -0.223. The van der Waals surface area contributed by atoms with E-state index in [0.717, 1.165) is 24.8 Å². The molecule has 7 atom stereocenters. The van der Waals surface area contributed by atoms with Crippen LogP contribution < -0.4 is 0 Å². The Bertz CT molecular complexity index is 848. The molecule has 6 rings (SSSR count). The predicted molar refractivity (Wildman–Crippen MR) is 101 cm³/mol. The molecule has 0 N–H and O–H groups in total. The lowest BCUT2D eigenvalue weighted by molar-refractivity contribution is -0.245. The van der Waals surface area contributed by atoms with Gasteiger partial charge in [-0.2, -0.15) is 0 Å². The molecule has 6 aliphatic rings. The van der Waals surface area contributed by atoms with E-state index < -0.39 is 11.4 Å². The van der Waals surface area contributed by atoms with Gasteiger partial charge in [-0.3, -0.25) is 9.59 Å². The molecule has 0 amide bonds. The Balaban J connectivity index is 1.43. The van der Waals surface area contributed by atoms with Crippen molar-refractivity contribution in [2.24, 2.45) is 28.6 Å². The Labute approximate surface area is 170 Å². The minimum Gasteiger partial charge on any atom is -0.350 e. The highest BCUT2D eigenvalue weighted by molar-refractivity contribution is 5.95. The molecule has 2 saturated heterocycles. The molecule has 2 spiro atoms. The Morgan fingerprint density at radius 3 is 2.72 bits per heavy atom. The lowest BCUT2D eigenvalue weighted by atomic mass is 9.47. The average molecular weight is 400 g/mol. The molecule has 1 unspecified atom stereocenters. The zero-order valence-corrected chi connectivity index (χ0v) is 17.1. The Hall–Kier alpha value is -1.34. The normalized spacial score (nSPS) is 53.3. The SMILES string of the molecule is C[C@]12C=CC(=O)CC1=CC[C@@H]1[C@@H]2C(=O)C[C@@]2(C)[C@H]1CC[C@@]21OCOC12COCO2. The second-order valence-corrected chi connectivity index (χ2v) is 10.2. The standard InChI is InChI=1S/C23H28O6/c1-20-7-5-15(24)9-14(20)3-4-16-17-6-8-22(21(17,2)10-18(25)19(16)20)23(29-13-27-22)11-26-12-28-23/h3,5,7,16-17,19H,4,6,8-13H2,1-2H3/t16-,17-,19+,20-,21-,22+,23?/m0/s1. The number of ketones is 2. The summed E-state index contributed by atoms with van der Waals surface area (Å²) < 4.78 is 23.9. The van der Waals surface area contributed by atoms with Crippen molar-refractivity contribution in [3.05, 3.63) is 23.8 Å². The summed E-state index contributed by atoms with van der Waals surface area (Å²) in [7, 11) is 0. The van der Waals surface area contributed by atoms with Crippen LogP contribution in [0.15, 0.2) is 23.8 Å². The molecule has 0 aromatic carbocycles. The minimum atomic E-state index is -0.902. The van der Waals surface area contributed by atoms with Crippen LogP contribution in [0, 0.1) is 28.6 Å². The molecule has 0 bridgehead atoms. The van der Waals surface area contributed by atoms with Crippen molar-refractivity contribution >= 4 is 11.6 Å². The lowest BCUT2D eigenvalue weighted by Crippen LogP contribution is -2.65. The first-order chi connectivity index (χ1) is 13.9. The van der Waals surface area contributed by atoms with Crippen LogP contribution >= 0.6 is 0 Å². The first-order valence-electron chi connectivity index (χ1n) is 10.8. The number of carbonyl (C=O) groups is 2. The summed E-state index contributed by atoms with van der Waals surface area (Å²) in [6, 6.07) is 0. The van der Waals surface area contributed by atoms with Crippen LogP contribution in [0.4, 0.5) is 0 Å². The van der Waals surface area contributed by atoms with Crippen LogP contribution in [0.3, 0.4) is 0 Å². The van der Waals surface area contributed by atoms with Crippen molar-refractivity contribution < 1.29 is 28.5 Å². The maximum atomic E-state index is 13.7. The van der Waals surface area contributed by atoms with Crippen molar-refractivity contribution in [1.82, 2.24) is 0 Å². The van der Waals surface area contributed by atoms with Crippen LogP contribution in [-0.2, 0) is 28.5 Å². The fourth-order valence-electron chi connectivity index (χ4n) is 7.91. The highest BCUT2D eigenvalue weighted by atomic mass is 16.9. The summed E-state index contributed by atoms with van der Waals surface area (Å²) in [5.74, 6) is 0.0347. The number of hydrogen-bond acceptors (Lipinski definition) is 6. The number of ether oxygens (including phenoxy) is 4. The van der Waals surface area contributed by atoms with E-state index in [1.807, 2.05) is 6.08 Å². The maximum Gasteiger partial charge on any atom is 0.226 e. The van der Waals surface area contributed by atoms with Crippen LogP contribution in [0.1, 0.15) is 46.0 Å². The van der Waals surface area contributed by atoms with Gasteiger partial charge in [0.1, 0.15) is 18.0 Å². The first-order valence-corrected chi connectivity index (χ1v) is 10.8. The molecule has 4 fully saturated rings. The number of carbonyl (C=O) groups excluding carboxylic acids is 2. The van der Waals surface area contributed by atoms with E-state index in [9.17, 15) is 9.59 Å². The number of fused-ring (bicyclic) bond motifs is 7. The van der Waals surface area contributed by atoms with E-state index in [2.05, 4.69) is 19.9 Å². The van der Waals surface area contributed by atoms with E-state index in [1.165, 1.54) is 0 Å². The van der Waals surface area contributed by atoms with Crippen molar-refractivity contribution in [1.29, 1.82) is 0 Å². The summed E-state index contributed by atoms with van der Waals surface area (Å²) in [5, 5.41) is 0. The van der Waals surface area contributed by atoms with Gasteiger partial charge >= 0.3 is 0 Å². The molecular formula is C23H28O6. The van der Waals surface area contributed by atoms with Gasteiger partial charge in [0.05, 0.1) is 0 Å². The molecule has 6 heteroatoms. The monoisotopic (exact) mass is 400 g/mol. The van der Waals surface area contributed by atoms with Gasteiger partial charge in [-0.1, -0.05) is 31.6 Å². The lowest BCUT2D eigenvalue weighted by Gasteiger charge is -2.57. The number of hydrogen-bond donors (Lipinski definition) is 0. The van der Waals surface area contributed by atoms with Crippen LogP contribution in [0.2, 0.25) is 0 Å². The first kappa shape index (κ1) is 18.4.